The van der Waals surface area contributed by atoms with E-state index in [1.54, 1.807) is 0 Å². The van der Waals surface area contributed by atoms with Crippen LogP contribution in [0.5, 0.6) is 0 Å². The SMILES string of the molecule is O=C(O)NCC(NC(=O)O)C(=O)Nc1ccc(C#Cc2c(F)c(F)nc(F)c2F)cc1. The first kappa shape index (κ1) is 22.9. The van der Waals surface area contributed by atoms with Crippen LogP contribution < -0.4 is 16.0 Å². The molecule has 162 valence electrons. The quantitative estimate of drug-likeness (QED) is 0.273. The molecule has 0 bridgehead atoms. The Morgan fingerprint density at radius 2 is 1.52 bits per heavy atom. The van der Waals surface area contributed by atoms with Gasteiger partial charge in [-0.05, 0) is 24.3 Å². The highest BCUT2D eigenvalue weighted by Crippen LogP contribution is 2.16. The Morgan fingerprint density at radius 3 is 2.03 bits per heavy atom. The van der Waals surface area contributed by atoms with E-state index in [2.05, 4.69) is 16.2 Å². The van der Waals surface area contributed by atoms with Gasteiger partial charge in [-0.2, -0.15) is 13.8 Å². The molecule has 5 N–H and O–H groups in total. The predicted octanol–water partition coefficient (Wildman–Crippen LogP) is 1.88. The lowest BCUT2D eigenvalue weighted by Gasteiger charge is -2.16. The van der Waals surface area contributed by atoms with Gasteiger partial charge >= 0.3 is 12.2 Å². The Balaban J connectivity index is 2.14. The van der Waals surface area contributed by atoms with Crippen molar-refractivity contribution in [3.63, 3.8) is 0 Å². The fourth-order valence-electron chi connectivity index (χ4n) is 2.15. The van der Waals surface area contributed by atoms with Crippen LogP contribution >= 0.6 is 0 Å². The van der Waals surface area contributed by atoms with Crippen molar-refractivity contribution in [3.8, 4) is 11.8 Å². The standard InChI is InChI=1S/C18H12F4N4O5/c19-12-10(13(20)15(22)26-14(12)21)6-3-8-1-4-9(5-2-8)24-16(27)11(25-18(30)31)7-23-17(28)29/h1-2,4-5,11,23,25H,7H2,(H,24,27)(H,28,29)(H,30,31). The summed E-state index contributed by atoms with van der Waals surface area (Å²) in [4.78, 5) is 35.8. The summed E-state index contributed by atoms with van der Waals surface area (Å²) in [5, 5.41) is 23.4. The summed E-state index contributed by atoms with van der Waals surface area (Å²) < 4.78 is 53.3. The molecule has 0 saturated carbocycles. The van der Waals surface area contributed by atoms with Gasteiger partial charge in [-0.1, -0.05) is 11.8 Å². The maximum Gasteiger partial charge on any atom is 0.405 e. The average molecular weight is 440 g/mol. The van der Waals surface area contributed by atoms with Crippen molar-refractivity contribution in [2.45, 2.75) is 6.04 Å². The van der Waals surface area contributed by atoms with E-state index in [4.69, 9.17) is 10.2 Å². The van der Waals surface area contributed by atoms with E-state index in [1.165, 1.54) is 24.3 Å². The van der Waals surface area contributed by atoms with Crippen LogP contribution in [0.15, 0.2) is 24.3 Å². The fraction of sp³-hybridized carbons (Fsp3) is 0.111. The molecule has 31 heavy (non-hydrogen) atoms. The first-order chi connectivity index (χ1) is 14.6. The summed E-state index contributed by atoms with van der Waals surface area (Å²) in [6, 6.07) is 3.74. The number of nitrogens with one attached hydrogen (secondary N) is 3. The third-order valence-electron chi connectivity index (χ3n) is 3.55. The van der Waals surface area contributed by atoms with E-state index in [-0.39, 0.29) is 11.3 Å². The van der Waals surface area contributed by atoms with Crippen LogP contribution in [0.4, 0.5) is 32.8 Å². The summed E-state index contributed by atoms with van der Waals surface area (Å²) in [7, 11) is 0. The predicted molar refractivity (Wildman–Crippen MR) is 96.1 cm³/mol. The highest BCUT2D eigenvalue weighted by Gasteiger charge is 2.21. The largest absolute Gasteiger partial charge is 0.465 e. The van der Waals surface area contributed by atoms with Crippen molar-refractivity contribution >= 4 is 23.8 Å². The number of hydrogen-bond acceptors (Lipinski definition) is 4. The van der Waals surface area contributed by atoms with Gasteiger partial charge in [0.1, 0.15) is 11.6 Å². The van der Waals surface area contributed by atoms with Gasteiger partial charge in [-0.3, -0.25) is 4.79 Å². The fourth-order valence-corrected chi connectivity index (χ4v) is 2.15. The minimum atomic E-state index is -1.84. The Kier molecular flexibility index (Phi) is 7.34. The molecule has 0 fully saturated rings. The minimum Gasteiger partial charge on any atom is -0.465 e. The molecule has 2 rings (SSSR count). The summed E-state index contributed by atoms with van der Waals surface area (Å²) >= 11 is 0. The molecule has 1 aromatic carbocycles. The van der Waals surface area contributed by atoms with Crippen molar-refractivity contribution in [1.82, 2.24) is 15.6 Å². The van der Waals surface area contributed by atoms with E-state index in [0.717, 1.165) is 0 Å². The molecular formula is C18H12F4N4O5. The number of halogens is 4. The monoisotopic (exact) mass is 440 g/mol. The second-order valence-electron chi connectivity index (χ2n) is 5.70. The van der Waals surface area contributed by atoms with Crippen molar-refractivity contribution in [1.29, 1.82) is 0 Å². The number of carbonyl (C=O) groups is 3. The Morgan fingerprint density at radius 1 is 0.935 bits per heavy atom. The number of carboxylic acid groups (broad SMARTS) is 2. The number of benzene rings is 1. The normalized spacial score (nSPS) is 11.0. The van der Waals surface area contributed by atoms with Crippen LogP contribution in [0.2, 0.25) is 0 Å². The first-order valence-electron chi connectivity index (χ1n) is 8.17. The van der Waals surface area contributed by atoms with Gasteiger partial charge in [-0.15, -0.1) is 0 Å². The second kappa shape index (κ2) is 9.92. The molecule has 3 amide bonds. The van der Waals surface area contributed by atoms with E-state index in [9.17, 15) is 31.9 Å². The molecule has 0 saturated heterocycles. The zero-order valence-electron chi connectivity index (χ0n) is 15.2. The maximum absolute atomic E-state index is 13.5. The third-order valence-corrected chi connectivity index (χ3v) is 3.55. The topological polar surface area (TPSA) is 141 Å². The third kappa shape index (κ3) is 6.32. The van der Waals surface area contributed by atoms with Crippen molar-refractivity contribution in [3.05, 3.63) is 58.9 Å². The average Bonchev–Trinajstić information content (AvgIpc) is 2.70. The molecule has 0 aliphatic heterocycles. The number of rotatable bonds is 5. The molecule has 1 unspecified atom stereocenters. The highest BCUT2D eigenvalue weighted by molar-refractivity contribution is 5.96. The van der Waals surface area contributed by atoms with Gasteiger partial charge in [0.05, 0.1) is 6.54 Å². The van der Waals surface area contributed by atoms with Gasteiger partial charge in [0.25, 0.3) is 11.9 Å². The van der Waals surface area contributed by atoms with E-state index >= 15 is 0 Å². The van der Waals surface area contributed by atoms with Crippen LogP contribution in [-0.2, 0) is 4.79 Å². The van der Waals surface area contributed by atoms with Gasteiger partial charge in [0.2, 0.25) is 5.91 Å². The van der Waals surface area contributed by atoms with Crippen molar-refractivity contribution in [2.24, 2.45) is 0 Å². The van der Waals surface area contributed by atoms with Crippen molar-refractivity contribution in [2.75, 3.05) is 11.9 Å². The van der Waals surface area contributed by atoms with Crippen LogP contribution in [0.25, 0.3) is 0 Å². The number of aromatic nitrogens is 1. The number of nitrogens with zero attached hydrogens (tertiary/aromatic N) is 1. The molecule has 0 aliphatic carbocycles. The lowest BCUT2D eigenvalue weighted by Crippen LogP contribution is -2.50. The van der Waals surface area contributed by atoms with Crippen LogP contribution in [-0.4, -0.2) is 45.9 Å². The number of amides is 3. The Hall–Kier alpha value is -4.34. The minimum absolute atomic E-state index is 0.154. The number of anilines is 1. The van der Waals surface area contributed by atoms with Crippen molar-refractivity contribution < 1.29 is 42.2 Å². The molecule has 0 radical (unpaired) electrons. The molecule has 1 aromatic heterocycles. The summed E-state index contributed by atoms with van der Waals surface area (Å²) in [6.45, 7) is -0.535. The zero-order valence-corrected chi connectivity index (χ0v) is 15.2. The Bertz CT molecular complexity index is 1060. The summed E-state index contributed by atoms with van der Waals surface area (Å²) in [6.07, 6.45) is -3.02. The number of hydrogen-bond donors (Lipinski definition) is 5. The van der Waals surface area contributed by atoms with Crippen LogP contribution in [0, 0.1) is 35.4 Å². The molecule has 0 aliphatic rings. The summed E-state index contributed by atoms with van der Waals surface area (Å²) in [5.41, 5.74) is -0.834. The van der Waals surface area contributed by atoms with E-state index < -0.39 is 59.8 Å². The van der Waals surface area contributed by atoms with Gasteiger partial charge in [0.15, 0.2) is 11.6 Å². The highest BCUT2D eigenvalue weighted by atomic mass is 19.2. The molecule has 0 spiro atoms. The lowest BCUT2D eigenvalue weighted by atomic mass is 10.1. The molecule has 13 heteroatoms. The molecule has 9 nitrogen and oxygen atoms in total. The molecule has 2 aromatic rings. The Labute approximate surface area is 171 Å². The van der Waals surface area contributed by atoms with E-state index in [1.807, 2.05) is 16.6 Å². The molecular weight excluding hydrogens is 428 g/mol. The molecule has 1 heterocycles. The van der Waals surface area contributed by atoms with E-state index in [0.29, 0.717) is 0 Å². The van der Waals surface area contributed by atoms with Gasteiger partial charge in [-0.25, -0.2) is 18.4 Å². The summed E-state index contributed by atoms with van der Waals surface area (Å²) in [5.74, 6) is -3.81. The lowest BCUT2D eigenvalue weighted by molar-refractivity contribution is -0.117. The van der Waals surface area contributed by atoms with Crippen LogP contribution in [0.1, 0.15) is 11.1 Å². The van der Waals surface area contributed by atoms with Crippen LogP contribution in [0.3, 0.4) is 0 Å². The molecule has 1 atom stereocenters. The number of carbonyl (C=O) groups excluding carboxylic acids is 1. The maximum atomic E-state index is 13.5. The first-order valence-corrected chi connectivity index (χ1v) is 8.17. The smallest absolute Gasteiger partial charge is 0.405 e. The zero-order chi connectivity index (χ0) is 23.1. The number of pyridine rings is 1. The van der Waals surface area contributed by atoms with Gasteiger partial charge < -0.3 is 26.2 Å². The van der Waals surface area contributed by atoms with Gasteiger partial charge in [0, 0.05) is 11.3 Å². The second-order valence-corrected chi connectivity index (χ2v) is 5.70.